The number of rotatable bonds is 5. The molecule has 5 heteroatoms. The second kappa shape index (κ2) is 5.99. The third kappa shape index (κ3) is 3.42. The number of morpholine rings is 1. The van der Waals surface area contributed by atoms with Gasteiger partial charge in [0, 0.05) is 36.8 Å². The van der Waals surface area contributed by atoms with Crippen molar-refractivity contribution < 1.29 is 13.5 Å². The van der Waals surface area contributed by atoms with Crippen molar-refractivity contribution >= 4 is 0 Å². The Hall–Kier alpha value is -1.04. The largest absolute Gasteiger partial charge is 0.379 e. The predicted molar refractivity (Wildman–Crippen MR) is 77.1 cm³/mol. The molecule has 2 fully saturated rings. The molecule has 3 rings (SSSR count). The van der Waals surface area contributed by atoms with Gasteiger partial charge >= 0.3 is 0 Å². The predicted octanol–water partition coefficient (Wildman–Crippen LogP) is 2.26. The van der Waals surface area contributed by atoms with Crippen molar-refractivity contribution in [3.05, 3.63) is 35.4 Å². The van der Waals surface area contributed by atoms with E-state index < -0.39 is 0 Å². The lowest BCUT2D eigenvalue weighted by Crippen LogP contribution is -2.47. The maximum Gasteiger partial charge on any atom is 0.128 e. The highest BCUT2D eigenvalue weighted by molar-refractivity contribution is 5.32. The molecule has 0 radical (unpaired) electrons. The number of hydrogen-bond acceptors (Lipinski definition) is 3. The average molecular weight is 296 g/mol. The van der Waals surface area contributed by atoms with E-state index in [9.17, 15) is 8.78 Å². The van der Waals surface area contributed by atoms with Gasteiger partial charge in [0.05, 0.1) is 13.2 Å². The van der Waals surface area contributed by atoms with Crippen LogP contribution < -0.4 is 5.32 Å². The molecule has 0 aromatic heterocycles. The molecule has 1 heterocycles. The molecule has 116 valence electrons. The van der Waals surface area contributed by atoms with Gasteiger partial charge in [-0.3, -0.25) is 4.90 Å². The molecular formula is C16H22F2N2O. The first-order chi connectivity index (χ1) is 10.1. The summed E-state index contributed by atoms with van der Waals surface area (Å²) in [6.45, 7) is 6.43. The fourth-order valence-electron chi connectivity index (χ4n) is 3.17. The summed E-state index contributed by atoms with van der Waals surface area (Å²) >= 11 is 0. The highest BCUT2D eigenvalue weighted by atomic mass is 19.1. The maximum atomic E-state index is 14.0. The molecule has 1 atom stereocenters. The van der Waals surface area contributed by atoms with Gasteiger partial charge in [0.15, 0.2) is 0 Å². The van der Waals surface area contributed by atoms with Crippen molar-refractivity contribution in [3.63, 3.8) is 0 Å². The maximum absolute atomic E-state index is 14.0. The Morgan fingerprint density at radius 2 is 2.00 bits per heavy atom. The van der Waals surface area contributed by atoms with Crippen molar-refractivity contribution in [3.8, 4) is 0 Å². The number of nitrogens with one attached hydrogen (secondary N) is 1. The monoisotopic (exact) mass is 296 g/mol. The van der Waals surface area contributed by atoms with Gasteiger partial charge in [-0.1, -0.05) is 0 Å². The lowest BCUT2D eigenvalue weighted by molar-refractivity contribution is 0.0336. The smallest absolute Gasteiger partial charge is 0.128 e. The minimum absolute atomic E-state index is 0.230. The van der Waals surface area contributed by atoms with Crippen molar-refractivity contribution in [2.45, 2.75) is 31.3 Å². The van der Waals surface area contributed by atoms with E-state index in [0.717, 1.165) is 45.7 Å². The Bertz CT molecular complexity index is 499. The van der Waals surface area contributed by atoms with E-state index in [0.29, 0.717) is 5.56 Å². The molecule has 0 amide bonds. The summed E-state index contributed by atoms with van der Waals surface area (Å²) in [5.41, 5.74) is 0.0917. The Morgan fingerprint density at radius 3 is 2.67 bits per heavy atom. The van der Waals surface area contributed by atoms with Gasteiger partial charge < -0.3 is 10.1 Å². The number of benzene rings is 1. The van der Waals surface area contributed by atoms with Crippen LogP contribution in [-0.2, 0) is 10.3 Å². The first-order valence-corrected chi connectivity index (χ1v) is 7.62. The topological polar surface area (TPSA) is 24.5 Å². The quantitative estimate of drug-likeness (QED) is 0.902. The first-order valence-electron chi connectivity index (χ1n) is 7.62. The summed E-state index contributed by atoms with van der Waals surface area (Å²) in [6.07, 6.45) is 1.72. The molecule has 1 N–H and O–H groups in total. The Kier molecular flexibility index (Phi) is 4.24. The normalized spacial score (nSPS) is 23.0. The lowest BCUT2D eigenvalue weighted by atomic mass is 10.0. The van der Waals surface area contributed by atoms with Crippen molar-refractivity contribution in [2.24, 2.45) is 0 Å². The third-order valence-electron chi connectivity index (χ3n) is 4.35. The van der Waals surface area contributed by atoms with Crippen molar-refractivity contribution in [2.75, 3.05) is 32.8 Å². The summed E-state index contributed by atoms with van der Waals surface area (Å²) in [7, 11) is 0. The molecule has 0 bridgehead atoms. The van der Waals surface area contributed by atoms with Crippen LogP contribution in [0.15, 0.2) is 18.2 Å². The highest BCUT2D eigenvalue weighted by Crippen LogP contribution is 2.47. The minimum atomic E-state index is -0.377. The molecule has 1 saturated carbocycles. The summed E-state index contributed by atoms with van der Waals surface area (Å²) in [5, 5.41) is 3.51. The van der Waals surface area contributed by atoms with Crippen LogP contribution in [0.3, 0.4) is 0 Å². The van der Waals surface area contributed by atoms with Crippen LogP contribution in [0.5, 0.6) is 0 Å². The zero-order chi connectivity index (χ0) is 14.9. The second-order valence-electron chi connectivity index (χ2n) is 6.16. The molecule has 1 aromatic carbocycles. The number of ether oxygens (including phenoxy) is 1. The molecule has 0 unspecified atom stereocenters. The zero-order valence-corrected chi connectivity index (χ0v) is 12.4. The van der Waals surface area contributed by atoms with Gasteiger partial charge in [-0.05, 0) is 38.0 Å². The summed E-state index contributed by atoms with van der Waals surface area (Å²) in [6, 6.07) is 3.95. The fraction of sp³-hybridized carbons (Fsp3) is 0.625. The van der Waals surface area contributed by atoms with E-state index in [1.807, 2.05) is 0 Å². The summed E-state index contributed by atoms with van der Waals surface area (Å²) < 4.78 is 32.7. The molecule has 1 aromatic rings. The van der Waals surface area contributed by atoms with Crippen LogP contribution >= 0.6 is 0 Å². The van der Waals surface area contributed by atoms with Crippen LogP contribution in [0.1, 0.15) is 25.3 Å². The van der Waals surface area contributed by atoms with Gasteiger partial charge in [-0.2, -0.15) is 0 Å². The van der Waals surface area contributed by atoms with E-state index in [2.05, 4.69) is 17.1 Å². The number of nitrogens with zero attached hydrogens (tertiary/aromatic N) is 1. The molecule has 21 heavy (non-hydrogen) atoms. The Morgan fingerprint density at radius 1 is 1.29 bits per heavy atom. The van der Waals surface area contributed by atoms with Gasteiger partial charge in [0.2, 0.25) is 0 Å². The lowest BCUT2D eigenvalue weighted by Gasteiger charge is -2.31. The van der Waals surface area contributed by atoms with Crippen LogP contribution in [0.25, 0.3) is 0 Å². The third-order valence-corrected chi connectivity index (χ3v) is 4.35. The van der Waals surface area contributed by atoms with Gasteiger partial charge in [-0.15, -0.1) is 0 Å². The van der Waals surface area contributed by atoms with Crippen LogP contribution in [0.4, 0.5) is 8.78 Å². The highest BCUT2D eigenvalue weighted by Gasteiger charge is 2.46. The molecule has 0 spiro atoms. The molecule has 1 saturated heterocycles. The van der Waals surface area contributed by atoms with Crippen molar-refractivity contribution in [1.82, 2.24) is 10.2 Å². The zero-order valence-electron chi connectivity index (χ0n) is 12.4. The molecule has 1 aliphatic carbocycles. The first kappa shape index (κ1) is 14.9. The van der Waals surface area contributed by atoms with E-state index in [1.54, 1.807) is 0 Å². The summed E-state index contributed by atoms with van der Waals surface area (Å²) in [4.78, 5) is 2.35. The standard InChI is InChI=1S/C16H22F2N2O/c1-12(11-20-6-8-21-9-7-20)19-16(4-5-16)14-10-13(17)2-3-15(14)18/h2-3,10,12,19H,4-9,11H2,1H3/t12-/m0/s1. The Labute approximate surface area is 124 Å². The van der Waals surface area contributed by atoms with E-state index in [-0.39, 0.29) is 23.2 Å². The molecular weight excluding hydrogens is 274 g/mol. The van der Waals surface area contributed by atoms with E-state index in [4.69, 9.17) is 4.74 Å². The number of halogens is 2. The molecule has 3 nitrogen and oxygen atoms in total. The number of hydrogen-bond donors (Lipinski definition) is 1. The van der Waals surface area contributed by atoms with Gasteiger partial charge in [0.25, 0.3) is 0 Å². The van der Waals surface area contributed by atoms with Crippen LogP contribution in [0, 0.1) is 11.6 Å². The van der Waals surface area contributed by atoms with E-state index in [1.165, 1.54) is 18.2 Å². The van der Waals surface area contributed by atoms with Crippen LogP contribution in [-0.4, -0.2) is 43.8 Å². The molecule has 1 aliphatic heterocycles. The SMILES string of the molecule is C[C@@H](CN1CCOCC1)NC1(c2cc(F)ccc2F)CC1. The van der Waals surface area contributed by atoms with Crippen LogP contribution in [0.2, 0.25) is 0 Å². The van der Waals surface area contributed by atoms with Gasteiger partial charge in [0.1, 0.15) is 11.6 Å². The fourth-order valence-corrected chi connectivity index (χ4v) is 3.17. The Balaban J connectivity index is 1.64. The van der Waals surface area contributed by atoms with Crippen molar-refractivity contribution in [1.29, 1.82) is 0 Å². The molecule has 2 aliphatic rings. The second-order valence-corrected chi connectivity index (χ2v) is 6.16. The summed E-state index contributed by atoms with van der Waals surface area (Å²) in [5.74, 6) is -0.694. The van der Waals surface area contributed by atoms with E-state index >= 15 is 0 Å². The van der Waals surface area contributed by atoms with Gasteiger partial charge in [-0.25, -0.2) is 8.78 Å². The minimum Gasteiger partial charge on any atom is -0.379 e. The average Bonchev–Trinajstić information content (AvgIpc) is 3.23.